The van der Waals surface area contributed by atoms with Crippen molar-refractivity contribution in [2.75, 3.05) is 13.1 Å². The first kappa shape index (κ1) is 25.7. The quantitative estimate of drug-likeness (QED) is 0.452. The van der Waals surface area contributed by atoms with Crippen LogP contribution >= 0.6 is 11.8 Å². The van der Waals surface area contributed by atoms with E-state index in [0.29, 0.717) is 25.8 Å². The SMILES string of the molecule is CC(C)(CCC#N)CN(CC(O)C(Cc1ccccc1)NCl)C(=O)OCc1ccccc1. The minimum atomic E-state index is -0.913. The van der Waals surface area contributed by atoms with E-state index in [4.69, 9.17) is 21.8 Å². The van der Waals surface area contributed by atoms with Crippen molar-refractivity contribution in [1.29, 1.82) is 5.26 Å². The first-order chi connectivity index (χ1) is 15.3. The molecular formula is C25H32ClN3O3. The van der Waals surface area contributed by atoms with Crippen molar-refractivity contribution >= 4 is 17.9 Å². The summed E-state index contributed by atoms with van der Waals surface area (Å²) in [4.78, 5) is 17.1. The highest BCUT2D eigenvalue weighted by atomic mass is 35.5. The maximum atomic E-state index is 12.9. The number of aliphatic hydroxyl groups excluding tert-OH is 1. The number of carbonyl (C=O) groups is 1. The van der Waals surface area contributed by atoms with Crippen molar-refractivity contribution in [2.45, 2.75) is 51.9 Å². The third-order valence-corrected chi connectivity index (χ3v) is 5.59. The summed E-state index contributed by atoms with van der Waals surface area (Å²) >= 11 is 5.94. The van der Waals surface area contributed by atoms with E-state index < -0.39 is 18.2 Å². The highest BCUT2D eigenvalue weighted by Gasteiger charge is 2.30. The summed E-state index contributed by atoms with van der Waals surface area (Å²) in [5.74, 6) is 0. The topological polar surface area (TPSA) is 85.6 Å². The lowest BCUT2D eigenvalue weighted by Crippen LogP contribution is -2.49. The van der Waals surface area contributed by atoms with E-state index in [2.05, 4.69) is 10.9 Å². The van der Waals surface area contributed by atoms with Crippen LogP contribution in [-0.2, 0) is 17.8 Å². The Bertz CT molecular complexity index is 856. The molecule has 0 fully saturated rings. The summed E-state index contributed by atoms with van der Waals surface area (Å²) in [6.07, 6.45) is 0.108. The average molecular weight is 458 g/mol. The zero-order valence-electron chi connectivity index (χ0n) is 18.7. The van der Waals surface area contributed by atoms with E-state index in [-0.39, 0.29) is 18.6 Å². The van der Waals surface area contributed by atoms with Gasteiger partial charge in [0.15, 0.2) is 0 Å². The Morgan fingerprint density at radius 3 is 2.31 bits per heavy atom. The van der Waals surface area contributed by atoms with Gasteiger partial charge in [0.05, 0.1) is 24.8 Å². The number of nitrogens with one attached hydrogen (secondary N) is 1. The molecule has 2 N–H and O–H groups in total. The van der Waals surface area contributed by atoms with Crippen LogP contribution in [0.2, 0.25) is 0 Å². The lowest BCUT2D eigenvalue weighted by Gasteiger charge is -2.34. The Morgan fingerprint density at radius 2 is 1.75 bits per heavy atom. The van der Waals surface area contributed by atoms with Crippen molar-refractivity contribution < 1.29 is 14.6 Å². The van der Waals surface area contributed by atoms with E-state index in [1.165, 1.54) is 4.90 Å². The van der Waals surface area contributed by atoms with Gasteiger partial charge < -0.3 is 14.7 Å². The summed E-state index contributed by atoms with van der Waals surface area (Å²) in [7, 11) is 0. The standard InChI is InChI=1S/C25H32ClN3O3/c1-25(2,14-9-15-27)19-29(24(31)32-18-21-12-7-4-8-13-21)17-23(30)22(28-26)16-20-10-5-3-6-11-20/h3-8,10-13,22-23,28,30H,9,14,16-19H2,1-2H3. The third kappa shape index (κ3) is 8.88. The lowest BCUT2D eigenvalue weighted by molar-refractivity contribution is 0.0434. The molecule has 0 bridgehead atoms. The molecule has 0 aromatic heterocycles. The van der Waals surface area contributed by atoms with Crippen molar-refractivity contribution in [3.05, 3.63) is 71.8 Å². The average Bonchev–Trinajstić information content (AvgIpc) is 2.80. The maximum absolute atomic E-state index is 12.9. The van der Waals surface area contributed by atoms with Crippen molar-refractivity contribution in [2.24, 2.45) is 5.41 Å². The van der Waals surface area contributed by atoms with E-state index >= 15 is 0 Å². The molecule has 2 unspecified atom stereocenters. The van der Waals surface area contributed by atoms with Crippen molar-refractivity contribution in [3.63, 3.8) is 0 Å². The molecule has 2 rings (SSSR count). The summed E-state index contributed by atoms with van der Waals surface area (Å²) in [6.45, 7) is 4.54. The van der Waals surface area contributed by atoms with Gasteiger partial charge in [-0.1, -0.05) is 74.5 Å². The van der Waals surface area contributed by atoms with Crippen LogP contribution in [-0.4, -0.2) is 41.3 Å². The maximum Gasteiger partial charge on any atom is 0.410 e. The molecule has 0 heterocycles. The van der Waals surface area contributed by atoms with E-state index in [1.54, 1.807) is 0 Å². The number of nitrogens with zero attached hydrogens (tertiary/aromatic N) is 2. The summed E-state index contributed by atoms with van der Waals surface area (Å²) < 4.78 is 5.53. The molecule has 0 aliphatic heterocycles. The van der Waals surface area contributed by atoms with Crippen LogP contribution in [0.25, 0.3) is 0 Å². The monoisotopic (exact) mass is 457 g/mol. The number of carbonyl (C=O) groups excluding carboxylic acids is 1. The van der Waals surface area contributed by atoms with E-state index in [0.717, 1.165) is 11.1 Å². The Kier molecular flexibility index (Phi) is 10.5. The van der Waals surface area contributed by atoms with Crippen LogP contribution in [0.5, 0.6) is 0 Å². The number of benzene rings is 2. The second-order valence-corrected chi connectivity index (χ2v) is 8.93. The molecule has 2 aromatic carbocycles. The van der Waals surface area contributed by atoms with Crippen molar-refractivity contribution in [3.8, 4) is 6.07 Å². The Morgan fingerprint density at radius 1 is 1.16 bits per heavy atom. The van der Waals surface area contributed by atoms with Gasteiger partial charge in [0.2, 0.25) is 0 Å². The van der Waals surface area contributed by atoms with Crippen LogP contribution in [0, 0.1) is 16.7 Å². The summed E-state index contributed by atoms with van der Waals surface area (Å²) in [5.41, 5.74) is 1.59. The highest BCUT2D eigenvalue weighted by Crippen LogP contribution is 2.24. The number of nitriles is 1. The Labute approximate surface area is 195 Å². The minimum absolute atomic E-state index is 0.0564. The van der Waals surface area contributed by atoms with Gasteiger partial charge in [-0.2, -0.15) is 5.26 Å². The summed E-state index contributed by atoms with van der Waals surface area (Å²) in [5, 5.41) is 19.9. The molecule has 2 atom stereocenters. The van der Waals surface area contributed by atoms with Crippen LogP contribution in [0.15, 0.2) is 60.7 Å². The van der Waals surface area contributed by atoms with Gasteiger partial charge in [0.1, 0.15) is 6.61 Å². The number of hydrogen-bond donors (Lipinski definition) is 2. The number of ether oxygens (including phenoxy) is 1. The second kappa shape index (κ2) is 13.1. The fraction of sp³-hybridized carbons (Fsp3) is 0.440. The smallest absolute Gasteiger partial charge is 0.410 e. The number of rotatable bonds is 12. The molecule has 6 nitrogen and oxygen atoms in total. The van der Waals surface area contributed by atoms with Gasteiger partial charge in [-0.05, 0) is 41.2 Å². The predicted molar refractivity (Wildman–Crippen MR) is 126 cm³/mol. The fourth-order valence-corrected chi connectivity index (χ4v) is 3.70. The lowest BCUT2D eigenvalue weighted by atomic mass is 9.87. The van der Waals surface area contributed by atoms with Gasteiger partial charge in [0.25, 0.3) is 0 Å². The van der Waals surface area contributed by atoms with Crippen LogP contribution in [0.3, 0.4) is 0 Å². The van der Waals surface area contributed by atoms with Crippen LogP contribution < -0.4 is 4.84 Å². The van der Waals surface area contributed by atoms with Gasteiger partial charge in [-0.15, -0.1) is 0 Å². The molecule has 0 aliphatic rings. The predicted octanol–water partition coefficient (Wildman–Crippen LogP) is 4.67. The van der Waals surface area contributed by atoms with Crippen molar-refractivity contribution in [1.82, 2.24) is 9.74 Å². The van der Waals surface area contributed by atoms with Crippen LogP contribution in [0.4, 0.5) is 4.79 Å². The summed E-state index contributed by atoms with van der Waals surface area (Å²) in [6, 6.07) is 20.9. The van der Waals surface area contributed by atoms with E-state index in [1.807, 2.05) is 74.5 Å². The van der Waals surface area contributed by atoms with Crippen LogP contribution in [0.1, 0.15) is 37.8 Å². The fourth-order valence-electron chi connectivity index (χ4n) is 3.47. The molecule has 172 valence electrons. The number of hydrogen-bond acceptors (Lipinski definition) is 5. The van der Waals surface area contributed by atoms with E-state index in [9.17, 15) is 9.90 Å². The van der Waals surface area contributed by atoms with Gasteiger partial charge >= 0.3 is 6.09 Å². The number of aliphatic hydroxyl groups is 1. The zero-order chi connectivity index (χ0) is 23.4. The highest BCUT2D eigenvalue weighted by molar-refractivity contribution is 6.13. The Hall–Kier alpha value is -2.59. The molecule has 0 spiro atoms. The third-order valence-electron chi connectivity index (χ3n) is 5.31. The molecule has 7 heteroatoms. The molecular weight excluding hydrogens is 426 g/mol. The van der Waals surface area contributed by atoms with Gasteiger partial charge in [0, 0.05) is 13.0 Å². The second-order valence-electron chi connectivity index (χ2n) is 8.72. The first-order valence-corrected chi connectivity index (χ1v) is 11.1. The van der Waals surface area contributed by atoms with Gasteiger partial charge in [-0.25, -0.2) is 9.63 Å². The number of halogens is 1. The molecule has 0 saturated carbocycles. The molecule has 0 aliphatic carbocycles. The molecule has 32 heavy (non-hydrogen) atoms. The normalized spacial score (nSPS) is 13.1. The molecule has 0 radical (unpaired) electrons. The largest absolute Gasteiger partial charge is 0.445 e. The Balaban J connectivity index is 2.09. The minimum Gasteiger partial charge on any atom is -0.445 e. The van der Waals surface area contributed by atoms with Gasteiger partial charge in [-0.3, -0.25) is 0 Å². The zero-order valence-corrected chi connectivity index (χ0v) is 19.5. The number of amides is 1. The molecule has 0 saturated heterocycles. The first-order valence-electron chi connectivity index (χ1n) is 10.8. The molecule has 2 aromatic rings. The molecule has 1 amide bonds.